The van der Waals surface area contributed by atoms with E-state index in [1.54, 1.807) is 7.05 Å². The molecule has 0 atom stereocenters. The van der Waals surface area contributed by atoms with Crippen LogP contribution in [0.4, 0.5) is 11.6 Å². The average Bonchev–Trinajstić information content (AvgIpc) is 2.37. The number of primary amides is 2. The zero-order chi connectivity index (χ0) is 15.1. The largest absolute Gasteiger partial charge is 0.373 e. The van der Waals surface area contributed by atoms with Gasteiger partial charge < -0.3 is 21.7 Å². The normalized spacial score (nSPS) is 10.1. The second-order valence-electron chi connectivity index (χ2n) is 4.31. The third-order valence-electron chi connectivity index (χ3n) is 2.65. The van der Waals surface area contributed by atoms with Gasteiger partial charge in [-0.3, -0.25) is 9.59 Å². The lowest BCUT2D eigenvalue weighted by atomic mass is 10.1. The molecule has 0 spiro atoms. The van der Waals surface area contributed by atoms with E-state index in [1.165, 1.54) is 11.2 Å². The number of carbonyl (C=O) groups excluding carboxylic acids is 2. The first kappa shape index (κ1) is 15.7. The Morgan fingerprint density at radius 3 is 2.30 bits per heavy atom. The van der Waals surface area contributed by atoms with Crippen molar-refractivity contribution in [3.63, 3.8) is 0 Å². The second kappa shape index (κ2) is 7.27. The van der Waals surface area contributed by atoms with Crippen LogP contribution in [0.1, 0.15) is 18.9 Å². The highest BCUT2D eigenvalue weighted by molar-refractivity contribution is 5.85. The lowest BCUT2D eigenvalue weighted by molar-refractivity contribution is -0.117. The molecule has 0 bridgehead atoms. The van der Waals surface area contributed by atoms with Crippen LogP contribution in [0, 0.1) is 0 Å². The molecule has 110 valence electrons. The molecule has 5 N–H and O–H groups in total. The fourth-order valence-electron chi connectivity index (χ4n) is 1.95. The Morgan fingerprint density at radius 2 is 1.85 bits per heavy atom. The molecule has 8 heteroatoms. The van der Waals surface area contributed by atoms with Crippen LogP contribution in [0.5, 0.6) is 0 Å². The summed E-state index contributed by atoms with van der Waals surface area (Å²) in [4.78, 5) is 32.1. The highest BCUT2D eigenvalue weighted by Gasteiger charge is 2.19. The first-order valence-corrected chi connectivity index (χ1v) is 6.32. The van der Waals surface area contributed by atoms with E-state index in [0.717, 1.165) is 12.0 Å². The van der Waals surface area contributed by atoms with Crippen LogP contribution in [0.15, 0.2) is 6.33 Å². The van der Waals surface area contributed by atoms with Gasteiger partial charge in [0.15, 0.2) is 0 Å². The number of hydrogen-bond donors (Lipinski definition) is 3. The summed E-state index contributed by atoms with van der Waals surface area (Å²) in [5, 5.41) is 2.97. The molecule has 0 radical (unpaired) electrons. The molecule has 1 heterocycles. The van der Waals surface area contributed by atoms with Crippen LogP contribution in [0.3, 0.4) is 0 Å². The molecule has 0 saturated carbocycles. The van der Waals surface area contributed by atoms with Gasteiger partial charge in [0.05, 0.1) is 13.1 Å². The van der Waals surface area contributed by atoms with Crippen molar-refractivity contribution in [2.75, 3.05) is 30.4 Å². The number of amides is 2. The first-order valence-electron chi connectivity index (χ1n) is 6.32. The number of rotatable bonds is 8. The zero-order valence-electron chi connectivity index (χ0n) is 11.7. The first-order chi connectivity index (χ1) is 9.49. The Bertz CT molecular complexity index is 475. The van der Waals surface area contributed by atoms with Crippen molar-refractivity contribution >= 4 is 23.5 Å². The van der Waals surface area contributed by atoms with Crippen molar-refractivity contribution in [2.24, 2.45) is 11.5 Å². The zero-order valence-corrected chi connectivity index (χ0v) is 11.7. The van der Waals surface area contributed by atoms with Gasteiger partial charge in [-0.15, -0.1) is 0 Å². The summed E-state index contributed by atoms with van der Waals surface area (Å²) in [6.45, 7) is 1.77. The third-order valence-corrected chi connectivity index (χ3v) is 2.65. The van der Waals surface area contributed by atoms with Crippen LogP contribution in [0.25, 0.3) is 0 Å². The number of anilines is 2. The maximum Gasteiger partial charge on any atom is 0.237 e. The minimum atomic E-state index is -0.557. The maximum atomic E-state index is 11.2. The fourth-order valence-corrected chi connectivity index (χ4v) is 1.95. The monoisotopic (exact) mass is 280 g/mol. The van der Waals surface area contributed by atoms with Crippen molar-refractivity contribution in [2.45, 2.75) is 19.8 Å². The van der Waals surface area contributed by atoms with Gasteiger partial charge in [-0.1, -0.05) is 13.3 Å². The van der Waals surface area contributed by atoms with E-state index in [-0.39, 0.29) is 13.1 Å². The van der Waals surface area contributed by atoms with Gasteiger partial charge in [-0.2, -0.15) is 0 Å². The Balaban J connectivity index is 3.22. The molecule has 0 saturated heterocycles. The van der Waals surface area contributed by atoms with Crippen LogP contribution in [-0.2, 0) is 16.0 Å². The summed E-state index contributed by atoms with van der Waals surface area (Å²) >= 11 is 0. The van der Waals surface area contributed by atoms with E-state index in [2.05, 4.69) is 15.3 Å². The van der Waals surface area contributed by atoms with Crippen molar-refractivity contribution in [3.05, 3.63) is 11.9 Å². The topological polar surface area (TPSA) is 127 Å². The van der Waals surface area contributed by atoms with Gasteiger partial charge >= 0.3 is 0 Å². The van der Waals surface area contributed by atoms with Crippen LogP contribution >= 0.6 is 0 Å². The molecule has 2 amide bonds. The number of nitrogens with zero attached hydrogens (tertiary/aromatic N) is 3. The number of aromatic nitrogens is 2. The lowest BCUT2D eigenvalue weighted by Gasteiger charge is -2.24. The second-order valence-corrected chi connectivity index (χ2v) is 4.31. The lowest BCUT2D eigenvalue weighted by Crippen LogP contribution is -2.40. The standard InChI is InChI=1S/C12H20N6O2/c1-3-4-8-11(15-2)16-7-17-12(8)18(5-9(13)19)6-10(14)20/h7H,3-6H2,1-2H3,(H2,13,19)(H2,14,20)(H,15,16,17). The SMILES string of the molecule is CCCc1c(NC)ncnc1N(CC(N)=O)CC(N)=O. The Hall–Kier alpha value is -2.38. The Morgan fingerprint density at radius 1 is 1.25 bits per heavy atom. The van der Waals surface area contributed by atoms with Crippen molar-refractivity contribution < 1.29 is 9.59 Å². The molecular weight excluding hydrogens is 260 g/mol. The highest BCUT2D eigenvalue weighted by Crippen LogP contribution is 2.24. The van der Waals surface area contributed by atoms with Crippen molar-refractivity contribution in [3.8, 4) is 0 Å². The molecule has 1 aromatic heterocycles. The molecule has 8 nitrogen and oxygen atoms in total. The van der Waals surface area contributed by atoms with E-state index >= 15 is 0 Å². The van der Waals surface area contributed by atoms with E-state index < -0.39 is 11.8 Å². The Kier molecular flexibility index (Phi) is 5.70. The minimum Gasteiger partial charge on any atom is -0.373 e. The number of nitrogens with two attached hydrogens (primary N) is 2. The number of carbonyl (C=O) groups is 2. The van der Waals surface area contributed by atoms with E-state index in [9.17, 15) is 9.59 Å². The summed E-state index contributed by atoms with van der Waals surface area (Å²) in [5.41, 5.74) is 11.3. The minimum absolute atomic E-state index is 0.125. The highest BCUT2D eigenvalue weighted by atomic mass is 16.2. The molecule has 1 rings (SSSR count). The summed E-state index contributed by atoms with van der Waals surface area (Å²) < 4.78 is 0. The van der Waals surface area contributed by atoms with Crippen LogP contribution < -0.4 is 21.7 Å². The van der Waals surface area contributed by atoms with Crippen LogP contribution in [-0.4, -0.2) is 41.9 Å². The molecule has 0 aromatic carbocycles. The average molecular weight is 280 g/mol. The van der Waals surface area contributed by atoms with Gasteiger partial charge in [0.25, 0.3) is 0 Å². The fraction of sp³-hybridized carbons (Fsp3) is 0.500. The van der Waals surface area contributed by atoms with E-state index in [0.29, 0.717) is 18.1 Å². The molecule has 0 aliphatic rings. The third kappa shape index (κ3) is 4.08. The van der Waals surface area contributed by atoms with E-state index in [1.807, 2.05) is 6.92 Å². The van der Waals surface area contributed by atoms with Gasteiger partial charge in [-0.05, 0) is 6.42 Å². The van der Waals surface area contributed by atoms with Crippen molar-refractivity contribution in [1.82, 2.24) is 9.97 Å². The number of hydrogen-bond acceptors (Lipinski definition) is 6. The molecule has 0 fully saturated rings. The summed E-state index contributed by atoms with van der Waals surface area (Å²) in [7, 11) is 1.75. The molecule has 0 aliphatic heterocycles. The van der Waals surface area contributed by atoms with Crippen LogP contribution in [0.2, 0.25) is 0 Å². The van der Waals surface area contributed by atoms with Gasteiger partial charge in [0, 0.05) is 12.6 Å². The predicted molar refractivity (Wildman–Crippen MR) is 76.2 cm³/mol. The van der Waals surface area contributed by atoms with E-state index in [4.69, 9.17) is 11.5 Å². The Labute approximate surface area is 117 Å². The van der Waals surface area contributed by atoms with Crippen molar-refractivity contribution in [1.29, 1.82) is 0 Å². The summed E-state index contributed by atoms with van der Waals surface area (Å²) in [6.07, 6.45) is 2.95. The summed E-state index contributed by atoms with van der Waals surface area (Å²) in [6, 6.07) is 0. The summed E-state index contributed by atoms with van der Waals surface area (Å²) in [5.74, 6) is 0.0521. The van der Waals surface area contributed by atoms with Gasteiger partial charge in [0.2, 0.25) is 11.8 Å². The predicted octanol–water partition coefficient (Wildman–Crippen LogP) is -0.752. The smallest absolute Gasteiger partial charge is 0.237 e. The molecule has 1 aromatic rings. The molecular formula is C12H20N6O2. The number of nitrogens with one attached hydrogen (secondary N) is 1. The maximum absolute atomic E-state index is 11.2. The molecule has 0 unspecified atom stereocenters. The molecule has 0 aliphatic carbocycles. The quantitative estimate of drug-likeness (QED) is 0.575. The van der Waals surface area contributed by atoms with Gasteiger partial charge in [0.1, 0.15) is 18.0 Å². The molecule has 20 heavy (non-hydrogen) atoms. The van der Waals surface area contributed by atoms with Gasteiger partial charge in [-0.25, -0.2) is 9.97 Å².